The molecule has 0 aromatic carbocycles. The first kappa shape index (κ1) is 16.3. The van der Waals surface area contributed by atoms with Crippen molar-refractivity contribution in [2.75, 3.05) is 0 Å². The van der Waals surface area contributed by atoms with Gasteiger partial charge in [-0.3, -0.25) is 0 Å². The van der Waals surface area contributed by atoms with Crippen molar-refractivity contribution >= 4 is 0 Å². The predicted octanol–water partition coefficient (Wildman–Crippen LogP) is 3.97. The lowest BCUT2D eigenvalue weighted by molar-refractivity contribution is 0.0694. The van der Waals surface area contributed by atoms with E-state index in [1.807, 2.05) is 12.3 Å². The molecule has 1 aromatic heterocycles. The van der Waals surface area contributed by atoms with E-state index in [4.69, 9.17) is 4.74 Å². The third-order valence-corrected chi connectivity index (χ3v) is 3.55. The van der Waals surface area contributed by atoms with Crippen LogP contribution in [0.15, 0.2) is 18.3 Å². The fraction of sp³-hybridized carbons (Fsp3) is 0.722. The van der Waals surface area contributed by atoms with Gasteiger partial charge in [0.1, 0.15) is 6.10 Å². The van der Waals surface area contributed by atoms with Crippen molar-refractivity contribution in [3.63, 3.8) is 0 Å². The Labute approximate surface area is 129 Å². The predicted molar refractivity (Wildman–Crippen MR) is 87.7 cm³/mol. The van der Waals surface area contributed by atoms with E-state index >= 15 is 0 Å². The molecule has 1 aliphatic carbocycles. The molecule has 1 saturated carbocycles. The summed E-state index contributed by atoms with van der Waals surface area (Å²) in [5.74, 6) is 0.756. The second-order valence-electron chi connectivity index (χ2n) is 8.54. The fourth-order valence-electron chi connectivity index (χ4n) is 2.76. The van der Waals surface area contributed by atoms with E-state index in [9.17, 15) is 0 Å². The Morgan fingerprint density at radius 2 is 1.81 bits per heavy atom. The zero-order valence-corrected chi connectivity index (χ0v) is 14.4. The van der Waals surface area contributed by atoms with E-state index in [1.165, 1.54) is 5.56 Å². The molecule has 0 saturated heterocycles. The van der Waals surface area contributed by atoms with Crippen LogP contribution in [0.3, 0.4) is 0 Å². The minimum atomic E-state index is 0.183. The number of aromatic nitrogens is 1. The first-order valence-corrected chi connectivity index (χ1v) is 8.00. The van der Waals surface area contributed by atoms with Gasteiger partial charge in [-0.05, 0) is 51.0 Å². The molecule has 0 aliphatic heterocycles. The molecule has 0 spiro atoms. The van der Waals surface area contributed by atoms with Crippen LogP contribution in [0.4, 0.5) is 0 Å². The van der Waals surface area contributed by atoms with Gasteiger partial charge in [0.25, 0.3) is 0 Å². The van der Waals surface area contributed by atoms with Crippen LogP contribution in [0.5, 0.6) is 5.88 Å². The molecule has 118 valence electrons. The van der Waals surface area contributed by atoms with Gasteiger partial charge in [0.05, 0.1) is 0 Å². The van der Waals surface area contributed by atoms with Crippen LogP contribution in [-0.4, -0.2) is 22.7 Å². The highest BCUT2D eigenvalue weighted by molar-refractivity contribution is 5.19. The molecule has 1 aliphatic rings. The minimum absolute atomic E-state index is 0.183. The number of pyridine rings is 1. The van der Waals surface area contributed by atoms with E-state index in [-0.39, 0.29) is 5.54 Å². The molecule has 0 atom stereocenters. The summed E-state index contributed by atoms with van der Waals surface area (Å²) in [6.07, 6.45) is 5.45. The van der Waals surface area contributed by atoms with Crippen LogP contribution >= 0.6 is 0 Å². The molecular weight excluding hydrogens is 260 g/mol. The first-order valence-electron chi connectivity index (χ1n) is 8.00. The smallest absolute Gasteiger partial charge is 0.213 e. The lowest BCUT2D eigenvalue weighted by Crippen LogP contribution is -2.53. The molecular formula is C18H30N2O. The maximum absolute atomic E-state index is 5.93. The van der Waals surface area contributed by atoms with Crippen molar-refractivity contribution in [3.05, 3.63) is 23.9 Å². The van der Waals surface area contributed by atoms with Crippen LogP contribution in [0.2, 0.25) is 0 Å². The van der Waals surface area contributed by atoms with Gasteiger partial charge >= 0.3 is 0 Å². The highest BCUT2D eigenvalue weighted by Crippen LogP contribution is 2.27. The summed E-state index contributed by atoms with van der Waals surface area (Å²) in [5, 5.41) is 3.61. The average molecular weight is 290 g/mol. The summed E-state index contributed by atoms with van der Waals surface area (Å²) in [7, 11) is 0. The Balaban J connectivity index is 1.78. The fourth-order valence-corrected chi connectivity index (χ4v) is 2.76. The molecule has 0 amide bonds. The number of nitrogens with zero attached hydrogens (tertiary/aromatic N) is 1. The van der Waals surface area contributed by atoms with Crippen LogP contribution in [0, 0.1) is 5.41 Å². The van der Waals surface area contributed by atoms with E-state index in [2.05, 4.69) is 57.9 Å². The molecule has 21 heavy (non-hydrogen) atoms. The highest BCUT2D eigenvalue weighted by atomic mass is 16.5. The summed E-state index contributed by atoms with van der Waals surface area (Å²) in [6.45, 7) is 13.3. The van der Waals surface area contributed by atoms with E-state index in [1.54, 1.807) is 0 Å². The van der Waals surface area contributed by atoms with Crippen molar-refractivity contribution in [2.45, 2.75) is 78.5 Å². The molecule has 1 heterocycles. The van der Waals surface area contributed by atoms with Gasteiger partial charge < -0.3 is 10.1 Å². The second kappa shape index (κ2) is 5.96. The van der Waals surface area contributed by atoms with Crippen molar-refractivity contribution in [1.29, 1.82) is 0 Å². The van der Waals surface area contributed by atoms with E-state index in [0.717, 1.165) is 25.1 Å². The number of hydrogen-bond acceptors (Lipinski definition) is 3. The summed E-state index contributed by atoms with van der Waals surface area (Å²) < 4.78 is 5.93. The van der Waals surface area contributed by atoms with Crippen molar-refractivity contribution in [2.24, 2.45) is 5.41 Å². The zero-order chi connectivity index (χ0) is 15.7. The number of nitrogens with one attached hydrogen (secondary N) is 1. The van der Waals surface area contributed by atoms with Gasteiger partial charge in [-0.15, -0.1) is 0 Å². The van der Waals surface area contributed by atoms with Gasteiger partial charge in [0.2, 0.25) is 5.88 Å². The minimum Gasteiger partial charge on any atom is -0.474 e. The Morgan fingerprint density at radius 3 is 2.29 bits per heavy atom. The largest absolute Gasteiger partial charge is 0.474 e. The number of rotatable bonds is 4. The molecule has 3 heteroatoms. The molecule has 0 bridgehead atoms. The van der Waals surface area contributed by atoms with Crippen LogP contribution in [0.25, 0.3) is 0 Å². The summed E-state index contributed by atoms with van der Waals surface area (Å²) >= 11 is 0. The molecule has 1 aromatic rings. The van der Waals surface area contributed by atoms with E-state index in [0.29, 0.717) is 17.6 Å². The second-order valence-corrected chi connectivity index (χ2v) is 8.54. The Morgan fingerprint density at radius 1 is 1.14 bits per heavy atom. The molecule has 0 radical (unpaired) electrons. The molecule has 1 N–H and O–H groups in total. The monoisotopic (exact) mass is 290 g/mol. The molecule has 0 unspecified atom stereocenters. The Hall–Kier alpha value is -1.09. The Kier molecular flexibility index (Phi) is 4.62. The van der Waals surface area contributed by atoms with Crippen LogP contribution in [-0.2, 0) is 6.42 Å². The number of hydrogen-bond donors (Lipinski definition) is 1. The van der Waals surface area contributed by atoms with Crippen LogP contribution in [0.1, 0.15) is 59.9 Å². The van der Waals surface area contributed by atoms with E-state index < -0.39 is 0 Å². The van der Waals surface area contributed by atoms with Gasteiger partial charge in [-0.1, -0.05) is 26.8 Å². The lowest BCUT2D eigenvalue weighted by Gasteiger charge is -2.39. The molecule has 2 rings (SSSR count). The lowest BCUT2D eigenvalue weighted by atomic mass is 9.87. The van der Waals surface area contributed by atoms with Crippen molar-refractivity contribution in [1.82, 2.24) is 10.3 Å². The molecule has 1 fully saturated rings. The van der Waals surface area contributed by atoms with Crippen molar-refractivity contribution in [3.8, 4) is 5.88 Å². The van der Waals surface area contributed by atoms with Gasteiger partial charge in [0.15, 0.2) is 0 Å². The van der Waals surface area contributed by atoms with Crippen LogP contribution < -0.4 is 10.1 Å². The highest BCUT2D eigenvalue weighted by Gasteiger charge is 2.33. The Bertz CT molecular complexity index is 448. The first-order chi connectivity index (χ1) is 9.61. The molecule has 3 nitrogen and oxygen atoms in total. The third kappa shape index (κ3) is 5.66. The van der Waals surface area contributed by atoms with Gasteiger partial charge in [-0.25, -0.2) is 4.98 Å². The topological polar surface area (TPSA) is 34.1 Å². The standard InChI is InChI=1S/C18H30N2O/c1-17(2,3)11-13-7-8-16(19-12-13)21-15-9-14(10-15)20-18(4,5)6/h7-8,12,14-15,20H,9-11H2,1-6H3/t14-,15+. The van der Waals surface area contributed by atoms with Gasteiger partial charge in [-0.2, -0.15) is 0 Å². The summed E-state index contributed by atoms with van der Waals surface area (Å²) in [4.78, 5) is 4.44. The number of ether oxygens (including phenoxy) is 1. The maximum atomic E-state index is 5.93. The average Bonchev–Trinajstić information content (AvgIpc) is 2.25. The quantitative estimate of drug-likeness (QED) is 0.911. The van der Waals surface area contributed by atoms with Crippen molar-refractivity contribution < 1.29 is 4.74 Å². The summed E-state index contributed by atoms with van der Waals surface area (Å²) in [6, 6.07) is 4.72. The third-order valence-electron chi connectivity index (χ3n) is 3.55. The van der Waals surface area contributed by atoms with Gasteiger partial charge in [0, 0.05) is 23.8 Å². The summed E-state index contributed by atoms with van der Waals surface area (Å²) in [5.41, 5.74) is 1.75. The normalized spacial score (nSPS) is 22.8. The maximum Gasteiger partial charge on any atom is 0.213 e. The zero-order valence-electron chi connectivity index (χ0n) is 14.4. The SMILES string of the molecule is CC(C)(C)Cc1ccc(O[C@H]2C[C@@H](NC(C)(C)C)C2)nc1.